The fourth-order valence-corrected chi connectivity index (χ4v) is 4.80. The van der Waals surface area contributed by atoms with Crippen LogP contribution in [0.1, 0.15) is 22.6 Å². The molecule has 4 aromatic heterocycles. The van der Waals surface area contributed by atoms with E-state index in [0.29, 0.717) is 61.5 Å². The summed E-state index contributed by atoms with van der Waals surface area (Å²) in [7, 11) is 0. The Morgan fingerprint density at radius 3 is 2.60 bits per heavy atom. The van der Waals surface area contributed by atoms with Crippen LogP contribution < -0.4 is 10.4 Å². The number of fused-ring (bicyclic) bond motifs is 6. The molecule has 168 valence electrons. The molecular weight excluding hydrogens is 466 g/mol. The van der Waals surface area contributed by atoms with Gasteiger partial charge in [0.1, 0.15) is 17.6 Å². The molecule has 0 amide bonds. The van der Waals surface area contributed by atoms with E-state index in [2.05, 4.69) is 15.1 Å². The number of pyridine rings is 1. The summed E-state index contributed by atoms with van der Waals surface area (Å²) in [4.78, 5) is 27.0. The number of benzene rings is 2. The fraction of sp³-hybridized carbons (Fsp3) is 0.0385. The molecule has 1 aliphatic rings. The van der Waals surface area contributed by atoms with Gasteiger partial charge in [-0.05, 0) is 35.9 Å². The number of nitrogens with zero attached hydrogens (tertiary/aromatic N) is 5. The van der Waals surface area contributed by atoms with Crippen molar-refractivity contribution in [3.8, 4) is 23.1 Å². The lowest BCUT2D eigenvalue weighted by molar-refractivity contribution is 0.422. The highest BCUT2D eigenvalue weighted by atomic mass is 35.5. The van der Waals surface area contributed by atoms with Crippen molar-refractivity contribution in [1.82, 2.24) is 24.6 Å². The second-order valence-electron chi connectivity index (χ2n) is 8.07. The molecule has 1 unspecified atom stereocenters. The minimum absolute atomic E-state index is 0.325. The molecule has 1 atom stereocenters. The highest BCUT2D eigenvalue weighted by Gasteiger charge is 2.38. The summed E-state index contributed by atoms with van der Waals surface area (Å²) < 4.78 is 13.5. The molecule has 0 saturated carbocycles. The van der Waals surface area contributed by atoms with Gasteiger partial charge in [0.15, 0.2) is 11.4 Å². The molecule has 0 fully saturated rings. The molecule has 35 heavy (non-hydrogen) atoms. The van der Waals surface area contributed by atoms with Gasteiger partial charge in [-0.2, -0.15) is 0 Å². The van der Waals surface area contributed by atoms with Gasteiger partial charge in [0.05, 0.1) is 22.4 Å². The van der Waals surface area contributed by atoms with Crippen LogP contribution in [-0.4, -0.2) is 24.6 Å². The Hall–Kier alpha value is -4.56. The van der Waals surface area contributed by atoms with Crippen LogP contribution in [0.15, 0.2) is 88.5 Å². The molecule has 5 heterocycles. The number of aromatic nitrogens is 5. The maximum atomic E-state index is 13.4. The first kappa shape index (κ1) is 19.9. The Balaban J connectivity index is 1.58. The topological polar surface area (TPSA) is 95.4 Å². The van der Waals surface area contributed by atoms with Crippen LogP contribution in [0.3, 0.4) is 0 Å². The zero-order chi connectivity index (χ0) is 23.5. The quantitative estimate of drug-likeness (QED) is 0.313. The lowest BCUT2D eigenvalue weighted by Crippen LogP contribution is -2.22. The standard InChI is InChI=1S/C26H14ClN5O3/c27-16-9-3-1-7-14(16)19-20-22(15-8-2-4-11-18(15)34-26(20)33)35-25-21(19)24-30-23(31-32(24)13-29-25)17-10-5-6-12-28-17/h1-13,19H. The molecule has 0 spiro atoms. The third-order valence-electron chi connectivity index (χ3n) is 6.07. The van der Waals surface area contributed by atoms with Gasteiger partial charge in [-0.1, -0.05) is 48.0 Å². The average Bonchev–Trinajstić information content (AvgIpc) is 3.33. The third-order valence-corrected chi connectivity index (χ3v) is 6.42. The van der Waals surface area contributed by atoms with Crippen molar-refractivity contribution in [1.29, 1.82) is 0 Å². The highest BCUT2D eigenvalue weighted by molar-refractivity contribution is 6.31. The summed E-state index contributed by atoms with van der Waals surface area (Å²) in [5, 5.41) is 5.72. The highest BCUT2D eigenvalue weighted by Crippen LogP contribution is 2.49. The Bertz CT molecular complexity index is 1830. The maximum Gasteiger partial charge on any atom is 0.344 e. The summed E-state index contributed by atoms with van der Waals surface area (Å²) >= 11 is 6.67. The van der Waals surface area contributed by atoms with Crippen molar-refractivity contribution in [3.63, 3.8) is 0 Å². The molecular formula is C26H14ClN5O3. The fourth-order valence-electron chi connectivity index (χ4n) is 4.55. The molecule has 7 rings (SSSR count). The lowest BCUT2D eigenvalue weighted by atomic mass is 9.84. The molecule has 8 nitrogen and oxygen atoms in total. The number of hydrogen-bond acceptors (Lipinski definition) is 7. The maximum absolute atomic E-state index is 13.4. The molecule has 1 aliphatic heterocycles. The van der Waals surface area contributed by atoms with E-state index in [1.54, 1.807) is 28.9 Å². The van der Waals surface area contributed by atoms with Crippen LogP contribution in [0.4, 0.5) is 0 Å². The Kier molecular flexibility index (Phi) is 4.24. The van der Waals surface area contributed by atoms with E-state index in [0.717, 1.165) is 0 Å². The zero-order valence-electron chi connectivity index (χ0n) is 17.9. The first-order valence-electron chi connectivity index (χ1n) is 10.8. The van der Waals surface area contributed by atoms with E-state index < -0.39 is 11.5 Å². The molecule has 0 radical (unpaired) electrons. The van der Waals surface area contributed by atoms with Crippen LogP contribution in [0.2, 0.25) is 5.02 Å². The van der Waals surface area contributed by atoms with Crippen molar-refractivity contribution in [3.05, 3.63) is 111 Å². The SMILES string of the molecule is O=c1oc2ccccc2c2c1C(c1ccccc1Cl)c1c(ncn3nc(-c4ccccn4)nc13)O2. The van der Waals surface area contributed by atoms with E-state index >= 15 is 0 Å². The molecule has 0 N–H and O–H groups in total. The molecule has 0 saturated heterocycles. The van der Waals surface area contributed by atoms with Crippen molar-refractivity contribution in [2.24, 2.45) is 0 Å². The zero-order valence-corrected chi connectivity index (χ0v) is 18.7. The minimum atomic E-state index is -0.639. The van der Waals surface area contributed by atoms with Gasteiger partial charge >= 0.3 is 5.63 Å². The smallest absolute Gasteiger partial charge is 0.344 e. The molecule has 2 aromatic carbocycles. The van der Waals surface area contributed by atoms with E-state index in [4.69, 9.17) is 25.7 Å². The predicted molar refractivity (Wildman–Crippen MR) is 129 cm³/mol. The van der Waals surface area contributed by atoms with Gasteiger partial charge in [-0.25, -0.2) is 19.3 Å². The Labute approximate surface area is 202 Å². The van der Waals surface area contributed by atoms with Crippen LogP contribution in [0, 0.1) is 0 Å². The minimum Gasteiger partial charge on any atom is -0.437 e. The van der Waals surface area contributed by atoms with Crippen molar-refractivity contribution in [2.45, 2.75) is 5.92 Å². The monoisotopic (exact) mass is 479 g/mol. The summed E-state index contributed by atoms with van der Waals surface area (Å²) in [6, 6.07) is 20.1. The van der Waals surface area contributed by atoms with Crippen molar-refractivity contribution in [2.75, 3.05) is 0 Å². The van der Waals surface area contributed by atoms with Gasteiger partial charge in [0.2, 0.25) is 11.7 Å². The van der Waals surface area contributed by atoms with E-state index in [1.807, 2.05) is 48.5 Å². The second kappa shape index (κ2) is 7.48. The van der Waals surface area contributed by atoms with E-state index in [-0.39, 0.29) is 0 Å². The second-order valence-corrected chi connectivity index (χ2v) is 8.47. The summed E-state index contributed by atoms with van der Waals surface area (Å²) in [6.07, 6.45) is 3.22. The van der Waals surface area contributed by atoms with Gasteiger partial charge in [0, 0.05) is 11.2 Å². The number of hydrogen-bond donors (Lipinski definition) is 0. The first-order valence-corrected chi connectivity index (χ1v) is 11.2. The van der Waals surface area contributed by atoms with Crippen LogP contribution in [-0.2, 0) is 0 Å². The van der Waals surface area contributed by atoms with Gasteiger partial charge in [-0.15, -0.1) is 5.10 Å². The molecule has 0 bridgehead atoms. The number of rotatable bonds is 2. The molecule has 6 aromatic rings. The summed E-state index contributed by atoms with van der Waals surface area (Å²) in [6.45, 7) is 0. The van der Waals surface area contributed by atoms with Crippen LogP contribution in [0.5, 0.6) is 11.6 Å². The summed E-state index contributed by atoms with van der Waals surface area (Å²) in [5.41, 5.74) is 2.63. The van der Waals surface area contributed by atoms with Gasteiger partial charge in [-0.3, -0.25) is 4.98 Å². The number of halogens is 1. The number of ether oxygens (including phenoxy) is 1. The molecule has 0 aliphatic carbocycles. The van der Waals surface area contributed by atoms with E-state index in [9.17, 15) is 4.79 Å². The van der Waals surface area contributed by atoms with E-state index in [1.165, 1.54) is 6.33 Å². The molecule has 9 heteroatoms. The van der Waals surface area contributed by atoms with Gasteiger partial charge in [0.25, 0.3) is 0 Å². The predicted octanol–water partition coefficient (Wildman–Crippen LogP) is 5.23. The lowest BCUT2D eigenvalue weighted by Gasteiger charge is -2.27. The number of para-hydroxylation sites is 1. The van der Waals surface area contributed by atoms with Crippen molar-refractivity contribution >= 4 is 28.2 Å². The van der Waals surface area contributed by atoms with Crippen molar-refractivity contribution < 1.29 is 9.15 Å². The average molecular weight is 480 g/mol. The Morgan fingerprint density at radius 2 is 1.74 bits per heavy atom. The van der Waals surface area contributed by atoms with Gasteiger partial charge < -0.3 is 9.15 Å². The first-order chi connectivity index (χ1) is 17.2. The van der Waals surface area contributed by atoms with Crippen LogP contribution in [0.25, 0.3) is 28.1 Å². The summed E-state index contributed by atoms with van der Waals surface area (Å²) in [5.74, 6) is 0.511. The van der Waals surface area contributed by atoms with Crippen LogP contribution >= 0.6 is 11.6 Å². The Morgan fingerprint density at radius 1 is 0.914 bits per heavy atom. The normalized spacial score (nSPS) is 14.5. The third kappa shape index (κ3) is 2.97. The largest absolute Gasteiger partial charge is 0.437 e.